The number of nitrogens with zero attached hydrogens (tertiary/aromatic N) is 1. The summed E-state index contributed by atoms with van der Waals surface area (Å²) in [5.74, 6) is -0.335. The average Bonchev–Trinajstić information content (AvgIpc) is 2.23. The van der Waals surface area contributed by atoms with Crippen LogP contribution in [0.3, 0.4) is 0 Å². The molecule has 0 aliphatic heterocycles. The predicted octanol–water partition coefficient (Wildman–Crippen LogP) is 4.27. The van der Waals surface area contributed by atoms with Crippen molar-refractivity contribution in [1.82, 2.24) is 0 Å². The first kappa shape index (κ1) is 14.0. The van der Waals surface area contributed by atoms with Crippen molar-refractivity contribution in [1.29, 1.82) is 5.26 Å². The molecule has 0 saturated heterocycles. The Morgan fingerprint density at radius 3 is 2.59 bits per heavy atom. The van der Waals surface area contributed by atoms with Crippen LogP contribution in [0.1, 0.15) is 32.8 Å². The Morgan fingerprint density at radius 1 is 1.41 bits per heavy atom. The van der Waals surface area contributed by atoms with Gasteiger partial charge >= 0.3 is 0 Å². The topological polar surface area (TPSA) is 33.0 Å². The zero-order valence-electron chi connectivity index (χ0n) is 10.2. The molecular formula is C13H15BrFNO. The second-order valence-electron chi connectivity index (χ2n) is 5.01. The molecule has 0 spiro atoms. The van der Waals surface area contributed by atoms with Gasteiger partial charge in [-0.1, -0.05) is 20.8 Å². The van der Waals surface area contributed by atoms with Crippen LogP contribution in [0.15, 0.2) is 16.6 Å². The number of nitriles is 1. The van der Waals surface area contributed by atoms with Crippen molar-refractivity contribution >= 4 is 15.9 Å². The van der Waals surface area contributed by atoms with Crippen molar-refractivity contribution in [2.45, 2.75) is 27.2 Å². The van der Waals surface area contributed by atoms with Gasteiger partial charge in [0.15, 0.2) is 11.6 Å². The highest BCUT2D eigenvalue weighted by Crippen LogP contribution is 2.29. The summed E-state index contributed by atoms with van der Waals surface area (Å²) in [6, 6.07) is 4.93. The molecule has 0 unspecified atom stereocenters. The Labute approximate surface area is 110 Å². The summed E-state index contributed by atoms with van der Waals surface area (Å²) in [5, 5.41) is 8.73. The van der Waals surface area contributed by atoms with Crippen LogP contribution < -0.4 is 4.74 Å². The number of halogens is 2. The molecule has 4 heteroatoms. The van der Waals surface area contributed by atoms with E-state index in [2.05, 4.69) is 36.7 Å². The van der Waals surface area contributed by atoms with E-state index in [0.29, 0.717) is 6.61 Å². The summed E-state index contributed by atoms with van der Waals surface area (Å²) < 4.78 is 19.3. The zero-order valence-corrected chi connectivity index (χ0v) is 11.8. The third-order valence-corrected chi connectivity index (χ3v) is 3.05. The standard InChI is InChI=1S/C13H15BrFNO/c1-13(2,3)6-7-17-10-5-4-9(8-16)11(14)12(10)15/h4-5H,6-7H2,1-3H3. The van der Waals surface area contributed by atoms with Crippen molar-refractivity contribution in [2.24, 2.45) is 5.41 Å². The quantitative estimate of drug-likeness (QED) is 0.835. The molecule has 0 amide bonds. The molecule has 0 aliphatic carbocycles. The maximum Gasteiger partial charge on any atom is 0.180 e. The van der Waals surface area contributed by atoms with E-state index in [4.69, 9.17) is 10.00 Å². The Kier molecular flexibility index (Phi) is 4.53. The highest BCUT2D eigenvalue weighted by molar-refractivity contribution is 9.10. The van der Waals surface area contributed by atoms with Crippen LogP contribution in [0.5, 0.6) is 5.75 Å². The van der Waals surface area contributed by atoms with Crippen LogP contribution >= 0.6 is 15.9 Å². The van der Waals surface area contributed by atoms with Crippen LogP contribution in [0.25, 0.3) is 0 Å². The Bertz CT molecular complexity index is 446. The maximum atomic E-state index is 13.7. The van der Waals surface area contributed by atoms with Crippen molar-refractivity contribution < 1.29 is 9.13 Å². The summed E-state index contributed by atoms with van der Waals surface area (Å²) in [5.41, 5.74) is 0.422. The van der Waals surface area contributed by atoms with Gasteiger partial charge in [-0.05, 0) is 39.9 Å². The van der Waals surface area contributed by atoms with Crippen LogP contribution in [-0.2, 0) is 0 Å². The molecule has 0 aliphatic rings. The van der Waals surface area contributed by atoms with Crippen molar-refractivity contribution in [2.75, 3.05) is 6.61 Å². The van der Waals surface area contributed by atoms with Gasteiger partial charge in [0.2, 0.25) is 0 Å². The van der Waals surface area contributed by atoms with E-state index in [1.165, 1.54) is 6.07 Å². The highest BCUT2D eigenvalue weighted by Gasteiger charge is 2.14. The predicted molar refractivity (Wildman–Crippen MR) is 68.4 cm³/mol. The van der Waals surface area contributed by atoms with Gasteiger partial charge in [0.05, 0.1) is 16.6 Å². The summed E-state index contributed by atoms with van der Waals surface area (Å²) in [6.45, 7) is 6.75. The van der Waals surface area contributed by atoms with Gasteiger partial charge in [0.25, 0.3) is 0 Å². The van der Waals surface area contributed by atoms with E-state index in [0.717, 1.165) is 6.42 Å². The lowest BCUT2D eigenvalue weighted by molar-refractivity contribution is 0.235. The van der Waals surface area contributed by atoms with E-state index in [-0.39, 0.29) is 21.2 Å². The van der Waals surface area contributed by atoms with E-state index in [1.54, 1.807) is 6.07 Å². The molecule has 0 aromatic heterocycles. The zero-order chi connectivity index (χ0) is 13.1. The van der Waals surface area contributed by atoms with Gasteiger partial charge in [-0.2, -0.15) is 5.26 Å². The second kappa shape index (κ2) is 5.50. The van der Waals surface area contributed by atoms with Gasteiger partial charge in [-0.25, -0.2) is 4.39 Å². The van der Waals surface area contributed by atoms with Crippen LogP contribution in [0, 0.1) is 22.6 Å². The van der Waals surface area contributed by atoms with Gasteiger partial charge < -0.3 is 4.74 Å². The second-order valence-corrected chi connectivity index (χ2v) is 5.80. The Balaban J connectivity index is 2.74. The molecule has 0 atom stereocenters. The molecule has 0 radical (unpaired) electrons. The first-order valence-electron chi connectivity index (χ1n) is 5.36. The van der Waals surface area contributed by atoms with E-state index < -0.39 is 5.82 Å². The summed E-state index contributed by atoms with van der Waals surface area (Å²) in [7, 11) is 0. The number of benzene rings is 1. The van der Waals surface area contributed by atoms with E-state index >= 15 is 0 Å². The summed E-state index contributed by atoms with van der Waals surface area (Å²) in [4.78, 5) is 0. The summed E-state index contributed by atoms with van der Waals surface area (Å²) in [6.07, 6.45) is 0.837. The largest absolute Gasteiger partial charge is 0.490 e. The molecule has 0 saturated carbocycles. The highest BCUT2D eigenvalue weighted by atomic mass is 79.9. The van der Waals surface area contributed by atoms with Crippen LogP contribution in [0.2, 0.25) is 0 Å². The molecule has 0 N–H and O–H groups in total. The van der Waals surface area contributed by atoms with Gasteiger partial charge in [-0.15, -0.1) is 0 Å². The molecule has 0 heterocycles. The molecule has 1 aromatic rings. The molecule has 0 fully saturated rings. The maximum absolute atomic E-state index is 13.7. The first-order valence-corrected chi connectivity index (χ1v) is 6.15. The van der Waals surface area contributed by atoms with Crippen molar-refractivity contribution in [3.63, 3.8) is 0 Å². The van der Waals surface area contributed by atoms with Crippen molar-refractivity contribution in [3.05, 3.63) is 28.0 Å². The van der Waals surface area contributed by atoms with E-state index in [9.17, 15) is 4.39 Å². The van der Waals surface area contributed by atoms with Gasteiger partial charge in [-0.3, -0.25) is 0 Å². The monoisotopic (exact) mass is 299 g/mol. The minimum Gasteiger partial charge on any atom is -0.490 e. The fourth-order valence-electron chi connectivity index (χ4n) is 1.20. The fraction of sp³-hybridized carbons (Fsp3) is 0.462. The third kappa shape index (κ3) is 4.01. The van der Waals surface area contributed by atoms with Gasteiger partial charge in [0, 0.05) is 0 Å². The molecule has 92 valence electrons. The van der Waals surface area contributed by atoms with Crippen LogP contribution in [0.4, 0.5) is 4.39 Å². The normalized spacial score (nSPS) is 11.1. The number of ether oxygens (including phenoxy) is 1. The number of rotatable bonds is 3. The molecule has 2 nitrogen and oxygen atoms in total. The third-order valence-electron chi connectivity index (χ3n) is 2.28. The average molecular weight is 300 g/mol. The van der Waals surface area contributed by atoms with Crippen LogP contribution in [-0.4, -0.2) is 6.61 Å². The lowest BCUT2D eigenvalue weighted by Gasteiger charge is -2.18. The molecule has 17 heavy (non-hydrogen) atoms. The first-order chi connectivity index (χ1) is 7.85. The van der Waals surface area contributed by atoms with Gasteiger partial charge in [0.1, 0.15) is 6.07 Å². The number of hydrogen-bond donors (Lipinski definition) is 0. The molecular weight excluding hydrogens is 285 g/mol. The SMILES string of the molecule is CC(C)(C)CCOc1ccc(C#N)c(Br)c1F. The van der Waals surface area contributed by atoms with Crippen molar-refractivity contribution in [3.8, 4) is 11.8 Å². The fourth-order valence-corrected chi connectivity index (χ4v) is 1.61. The Hall–Kier alpha value is -1.08. The lowest BCUT2D eigenvalue weighted by Crippen LogP contribution is -2.11. The molecule has 1 rings (SSSR count). The number of hydrogen-bond acceptors (Lipinski definition) is 2. The molecule has 0 bridgehead atoms. The van der Waals surface area contributed by atoms with E-state index in [1.807, 2.05) is 6.07 Å². The smallest absolute Gasteiger partial charge is 0.180 e. The Morgan fingerprint density at radius 2 is 2.06 bits per heavy atom. The lowest BCUT2D eigenvalue weighted by atomic mass is 9.93. The minimum atomic E-state index is -0.516. The molecule has 1 aromatic carbocycles. The minimum absolute atomic E-state index is 0.153. The summed E-state index contributed by atoms with van der Waals surface area (Å²) >= 11 is 3.05.